The molecule has 1 N–H and O–H groups in total. The van der Waals surface area contributed by atoms with Crippen molar-refractivity contribution in [2.24, 2.45) is 23.7 Å². The molecule has 6 nitrogen and oxygen atoms in total. The van der Waals surface area contributed by atoms with Gasteiger partial charge < -0.3 is 28.8 Å². The molecular weight excluding hydrogens is 396 g/mol. The van der Waals surface area contributed by atoms with Gasteiger partial charge in [-0.3, -0.25) is 0 Å². The lowest BCUT2D eigenvalue weighted by Gasteiger charge is -2.40. The molecule has 0 bridgehead atoms. The van der Waals surface area contributed by atoms with Gasteiger partial charge in [0.15, 0.2) is 6.29 Å². The van der Waals surface area contributed by atoms with E-state index in [4.69, 9.17) is 23.7 Å². The van der Waals surface area contributed by atoms with Crippen molar-refractivity contribution in [2.45, 2.75) is 96.6 Å². The number of ether oxygens (including phenoxy) is 5. The van der Waals surface area contributed by atoms with Gasteiger partial charge in [0.2, 0.25) is 0 Å². The van der Waals surface area contributed by atoms with Crippen LogP contribution in [-0.4, -0.2) is 70.4 Å². The van der Waals surface area contributed by atoms with Gasteiger partial charge in [-0.15, -0.1) is 0 Å². The highest BCUT2D eigenvalue weighted by Crippen LogP contribution is 2.50. The van der Waals surface area contributed by atoms with Gasteiger partial charge in [0, 0.05) is 34.9 Å². The second kappa shape index (κ2) is 12.7. The minimum absolute atomic E-state index is 0.0642. The summed E-state index contributed by atoms with van der Waals surface area (Å²) >= 11 is 0. The molecule has 1 aliphatic heterocycles. The standard InChI is InChI=1S/C25H46O6/c1-9-20(27-5)17(4)18-13-19(18)23(26)15(2)11-10-12-16(3)24-25(30-8)21(28-6)14-22(29-7)31-24/h12,15,17-26H,9-11,13-14H2,1-8H3/b16-12+/t15-,17-,18-,19+,20-,21-,22+,23+,24+,25+/m0/s1. The van der Waals surface area contributed by atoms with Crippen LogP contribution in [0.1, 0.15) is 59.8 Å². The zero-order valence-corrected chi connectivity index (χ0v) is 20.9. The number of allylic oxidation sites excluding steroid dienone is 1. The van der Waals surface area contributed by atoms with Crippen molar-refractivity contribution in [2.75, 3.05) is 28.4 Å². The topological polar surface area (TPSA) is 66.4 Å². The van der Waals surface area contributed by atoms with E-state index in [0.717, 1.165) is 31.3 Å². The molecule has 1 saturated heterocycles. The van der Waals surface area contributed by atoms with Gasteiger partial charge in [0.25, 0.3) is 0 Å². The number of methoxy groups -OCH3 is 4. The first-order valence-corrected chi connectivity index (χ1v) is 11.9. The molecule has 0 amide bonds. The minimum Gasteiger partial charge on any atom is -0.393 e. The number of hydrogen-bond donors (Lipinski definition) is 1. The van der Waals surface area contributed by atoms with Crippen molar-refractivity contribution in [3.63, 3.8) is 0 Å². The lowest BCUT2D eigenvalue weighted by molar-refractivity contribution is -0.241. The average Bonchev–Trinajstić information content (AvgIpc) is 3.58. The van der Waals surface area contributed by atoms with E-state index in [9.17, 15) is 5.11 Å². The Kier molecular flexibility index (Phi) is 10.9. The lowest BCUT2D eigenvalue weighted by atomic mass is 9.89. The maximum Gasteiger partial charge on any atom is 0.160 e. The maximum atomic E-state index is 10.9. The monoisotopic (exact) mass is 442 g/mol. The Morgan fingerprint density at radius 3 is 2.32 bits per heavy atom. The summed E-state index contributed by atoms with van der Waals surface area (Å²) in [6.07, 6.45) is 6.20. The molecule has 31 heavy (non-hydrogen) atoms. The van der Waals surface area contributed by atoms with E-state index in [1.807, 2.05) is 0 Å². The molecule has 182 valence electrons. The molecule has 0 spiro atoms. The van der Waals surface area contributed by atoms with E-state index < -0.39 is 0 Å². The number of aliphatic hydroxyl groups excluding tert-OH is 1. The van der Waals surface area contributed by atoms with Crippen molar-refractivity contribution in [3.8, 4) is 0 Å². The summed E-state index contributed by atoms with van der Waals surface area (Å²) < 4.78 is 28.5. The van der Waals surface area contributed by atoms with Crippen molar-refractivity contribution in [1.82, 2.24) is 0 Å². The van der Waals surface area contributed by atoms with E-state index >= 15 is 0 Å². The Morgan fingerprint density at radius 2 is 1.77 bits per heavy atom. The van der Waals surface area contributed by atoms with Crippen LogP contribution in [-0.2, 0) is 23.7 Å². The summed E-state index contributed by atoms with van der Waals surface area (Å²) in [4.78, 5) is 0. The van der Waals surface area contributed by atoms with Crippen molar-refractivity contribution < 1.29 is 28.8 Å². The van der Waals surface area contributed by atoms with Crippen LogP contribution in [0.4, 0.5) is 0 Å². The molecule has 1 heterocycles. The first kappa shape index (κ1) is 26.7. The van der Waals surface area contributed by atoms with E-state index in [-0.39, 0.29) is 36.6 Å². The second-order valence-electron chi connectivity index (χ2n) is 9.53. The second-order valence-corrected chi connectivity index (χ2v) is 9.53. The summed E-state index contributed by atoms with van der Waals surface area (Å²) in [7, 11) is 6.86. The van der Waals surface area contributed by atoms with Crippen molar-refractivity contribution >= 4 is 0 Å². The molecule has 6 heteroatoms. The van der Waals surface area contributed by atoms with E-state index in [1.165, 1.54) is 0 Å². The maximum absolute atomic E-state index is 10.9. The van der Waals surface area contributed by atoms with Crippen LogP contribution in [0.3, 0.4) is 0 Å². The molecule has 0 aromatic carbocycles. The van der Waals surface area contributed by atoms with Gasteiger partial charge in [-0.1, -0.05) is 26.8 Å². The molecule has 1 aliphatic carbocycles. The van der Waals surface area contributed by atoms with Gasteiger partial charge in [0.1, 0.15) is 12.2 Å². The summed E-state index contributed by atoms with van der Waals surface area (Å²) in [6.45, 7) is 8.68. The van der Waals surface area contributed by atoms with Gasteiger partial charge in [-0.05, 0) is 61.9 Å². The fourth-order valence-electron chi connectivity index (χ4n) is 5.38. The predicted octanol–water partition coefficient (Wildman–Crippen LogP) is 4.20. The SMILES string of the molecule is CC[C@H](OC)[C@@H](C)[C@@H]1C[C@H]1[C@H](O)[C@@H](C)CC/C=C(\C)[C@H]1O[C@@H](OC)C[C@H](OC)[C@H]1OC. The fourth-order valence-corrected chi connectivity index (χ4v) is 5.38. The zero-order chi connectivity index (χ0) is 23.1. The Balaban J connectivity index is 1.87. The molecule has 1 saturated carbocycles. The van der Waals surface area contributed by atoms with E-state index in [0.29, 0.717) is 30.3 Å². The normalized spacial score (nSPS) is 35.5. The number of rotatable bonds is 13. The smallest absolute Gasteiger partial charge is 0.160 e. The number of aliphatic hydroxyl groups is 1. The first-order valence-electron chi connectivity index (χ1n) is 11.9. The molecular formula is C25H46O6. The summed E-state index contributed by atoms with van der Waals surface area (Å²) in [6, 6.07) is 0. The Morgan fingerprint density at radius 1 is 1.06 bits per heavy atom. The molecule has 0 radical (unpaired) electrons. The van der Waals surface area contributed by atoms with Crippen LogP contribution in [0.25, 0.3) is 0 Å². The van der Waals surface area contributed by atoms with Gasteiger partial charge in [-0.2, -0.15) is 0 Å². The summed E-state index contributed by atoms with van der Waals surface area (Å²) in [5, 5.41) is 10.9. The number of hydrogen-bond acceptors (Lipinski definition) is 6. The Labute approximate surface area is 189 Å². The zero-order valence-electron chi connectivity index (χ0n) is 20.9. The van der Waals surface area contributed by atoms with Crippen LogP contribution in [0.15, 0.2) is 11.6 Å². The molecule has 0 aromatic rings. The predicted molar refractivity (Wildman–Crippen MR) is 122 cm³/mol. The molecule has 2 fully saturated rings. The highest BCUT2D eigenvalue weighted by molar-refractivity contribution is 5.11. The van der Waals surface area contributed by atoms with Gasteiger partial charge in [-0.25, -0.2) is 0 Å². The molecule has 10 atom stereocenters. The van der Waals surface area contributed by atoms with E-state index in [1.54, 1.807) is 28.4 Å². The Hall–Kier alpha value is -0.500. The van der Waals surface area contributed by atoms with Crippen LogP contribution in [0, 0.1) is 23.7 Å². The van der Waals surface area contributed by atoms with Crippen LogP contribution in [0.5, 0.6) is 0 Å². The van der Waals surface area contributed by atoms with Crippen LogP contribution < -0.4 is 0 Å². The third-order valence-corrected chi connectivity index (χ3v) is 7.64. The minimum atomic E-state index is -0.293. The quantitative estimate of drug-likeness (QED) is 0.431. The van der Waals surface area contributed by atoms with Crippen molar-refractivity contribution in [3.05, 3.63) is 11.6 Å². The lowest BCUT2D eigenvalue weighted by Crippen LogP contribution is -2.51. The van der Waals surface area contributed by atoms with Crippen LogP contribution in [0.2, 0.25) is 0 Å². The fraction of sp³-hybridized carbons (Fsp3) is 0.920. The Bertz CT molecular complexity index is 548. The molecule has 0 aromatic heterocycles. The largest absolute Gasteiger partial charge is 0.393 e. The third-order valence-electron chi connectivity index (χ3n) is 7.64. The molecule has 2 rings (SSSR count). The highest BCUT2D eigenvalue weighted by Gasteiger charge is 2.48. The third kappa shape index (κ3) is 6.75. The summed E-state index contributed by atoms with van der Waals surface area (Å²) in [5.41, 5.74) is 1.13. The summed E-state index contributed by atoms with van der Waals surface area (Å²) in [5.74, 6) is 1.75. The van der Waals surface area contributed by atoms with E-state index in [2.05, 4.69) is 33.8 Å². The average molecular weight is 443 g/mol. The van der Waals surface area contributed by atoms with Crippen LogP contribution >= 0.6 is 0 Å². The molecule has 0 unspecified atom stereocenters. The first-order chi connectivity index (χ1) is 14.8. The highest BCUT2D eigenvalue weighted by atomic mass is 16.7. The van der Waals surface area contributed by atoms with Crippen molar-refractivity contribution in [1.29, 1.82) is 0 Å². The molecule has 2 aliphatic rings. The van der Waals surface area contributed by atoms with Gasteiger partial charge in [0.05, 0.1) is 18.3 Å². The van der Waals surface area contributed by atoms with Gasteiger partial charge >= 0.3 is 0 Å².